The van der Waals surface area contributed by atoms with E-state index in [0.29, 0.717) is 17.2 Å². The van der Waals surface area contributed by atoms with Crippen molar-refractivity contribution < 1.29 is 27.1 Å². The summed E-state index contributed by atoms with van der Waals surface area (Å²) in [7, 11) is 0. The van der Waals surface area contributed by atoms with Crippen molar-refractivity contribution in [3.8, 4) is 22.8 Å². The highest BCUT2D eigenvalue weighted by molar-refractivity contribution is 5.53. The average Bonchev–Trinajstić information content (AvgIpc) is 3.20. The van der Waals surface area contributed by atoms with Crippen LogP contribution in [0.5, 0.6) is 0 Å². The highest BCUT2D eigenvalue weighted by Gasteiger charge is 2.24. The molecule has 0 bridgehead atoms. The van der Waals surface area contributed by atoms with Gasteiger partial charge in [0.25, 0.3) is 11.4 Å². The number of hydrogen-bond donors (Lipinski definition) is 0. The summed E-state index contributed by atoms with van der Waals surface area (Å²) >= 11 is 0. The first-order valence-electron chi connectivity index (χ1n) is 8.48. The molecule has 0 aliphatic carbocycles. The molecular weight excluding hydrogens is 412 g/mol. The Hall–Kier alpha value is -4.18. The summed E-state index contributed by atoms with van der Waals surface area (Å²) in [5, 5.41) is 30.9. The van der Waals surface area contributed by atoms with Crippen LogP contribution in [0, 0.1) is 20.2 Å². The molecule has 0 unspecified atom stereocenters. The van der Waals surface area contributed by atoms with Gasteiger partial charge in [-0.05, 0) is 46.3 Å². The lowest BCUT2D eigenvalue weighted by molar-refractivity contribution is -0.734. The van der Waals surface area contributed by atoms with Gasteiger partial charge in [-0.2, -0.15) is 0 Å². The SMILES string of the molecule is O=[N+]([O-])c1ccc(-n2nc(-c3ccccc3)n[n+]2-c2ccc([N+](=O)[O-])cc2)cc1.[Cl-]. The molecule has 0 aliphatic rings. The fourth-order valence-corrected chi connectivity index (χ4v) is 2.74. The second-order valence-corrected chi connectivity index (χ2v) is 6.02. The van der Waals surface area contributed by atoms with Gasteiger partial charge in [0.15, 0.2) is 5.69 Å². The van der Waals surface area contributed by atoms with E-state index < -0.39 is 9.85 Å². The molecule has 1 heterocycles. The maximum Gasteiger partial charge on any atom is 0.340 e. The molecule has 0 saturated heterocycles. The van der Waals surface area contributed by atoms with Crippen LogP contribution in [0.3, 0.4) is 0 Å². The number of benzene rings is 3. The number of tetrazole rings is 1. The van der Waals surface area contributed by atoms with Gasteiger partial charge < -0.3 is 12.4 Å². The molecule has 150 valence electrons. The molecule has 4 rings (SSSR count). The molecule has 0 spiro atoms. The van der Waals surface area contributed by atoms with E-state index in [4.69, 9.17) is 0 Å². The molecular formula is C19H13ClN6O4. The van der Waals surface area contributed by atoms with Crippen LogP contribution < -0.4 is 17.2 Å². The third-order valence-corrected chi connectivity index (χ3v) is 4.17. The van der Waals surface area contributed by atoms with E-state index in [2.05, 4.69) is 10.2 Å². The largest absolute Gasteiger partial charge is 1.00 e. The minimum atomic E-state index is -0.481. The molecule has 0 N–H and O–H groups in total. The minimum Gasteiger partial charge on any atom is -1.00 e. The summed E-state index contributed by atoms with van der Waals surface area (Å²) < 4.78 is 0. The maximum absolute atomic E-state index is 10.9. The summed E-state index contributed by atoms with van der Waals surface area (Å²) in [5.74, 6) is 0.433. The van der Waals surface area contributed by atoms with Gasteiger partial charge in [-0.25, -0.2) is 0 Å². The van der Waals surface area contributed by atoms with Crippen molar-refractivity contribution in [3.05, 3.63) is 99.1 Å². The van der Waals surface area contributed by atoms with Gasteiger partial charge in [0.05, 0.1) is 20.5 Å². The molecule has 0 amide bonds. The van der Waals surface area contributed by atoms with Crippen molar-refractivity contribution in [2.45, 2.75) is 0 Å². The molecule has 3 aromatic carbocycles. The number of hydrogen-bond acceptors (Lipinski definition) is 6. The Labute approximate surface area is 175 Å². The van der Waals surface area contributed by atoms with Crippen LogP contribution in [0.25, 0.3) is 22.8 Å². The van der Waals surface area contributed by atoms with Crippen molar-refractivity contribution in [1.82, 2.24) is 15.0 Å². The lowest BCUT2D eigenvalue weighted by Gasteiger charge is -1.99. The fourth-order valence-electron chi connectivity index (χ4n) is 2.74. The zero-order valence-electron chi connectivity index (χ0n) is 15.2. The summed E-state index contributed by atoms with van der Waals surface area (Å²) in [4.78, 5) is 23.8. The number of non-ortho nitro benzene ring substituents is 2. The van der Waals surface area contributed by atoms with Crippen LogP contribution in [-0.2, 0) is 0 Å². The van der Waals surface area contributed by atoms with Crippen LogP contribution in [0.15, 0.2) is 78.9 Å². The first-order chi connectivity index (χ1) is 14.0. The third-order valence-electron chi connectivity index (χ3n) is 4.17. The lowest BCUT2D eigenvalue weighted by atomic mass is 10.2. The van der Waals surface area contributed by atoms with Crippen LogP contribution >= 0.6 is 0 Å². The monoisotopic (exact) mass is 424 g/mol. The second-order valence-electron chi connectivity index (χ2n) is 6.02. The minimum absolute atomic E-state index is 0. The van der Waals surface area contributed by atoms with E-state index in [9.17, 15) is 20.2 Å². The van der Waals surface area contributed by atoms with Crippen molar-refractivity contribution >= 4 is 11.4 Å². The smallest absolute Gasteiger partial charge is 0.340 e. The van der Waals surface area contributed by atoms with Gasteiger partial charge in [0, 0.05) is 29.1 Å². The lowest BCUT2D eigenvalue weighted by Crippen LogP contribution is -3.00. The summed E-state index contributed by atoms with van der Waals surface area (Å²) in [6, 6.07) is 21.0. The molecule has 0 saturated carbocycles. The zero-order valence-corrected chi connectivity index (χ0v) is 16.0. The van der Waals surface area contributed by atoms with Crippen molar-refractivity contribution in [3.63, 3.8) is 0 Å². The van der Waals surface area contributed by atoms with Crippen LogP contribution in [-0.4, -0.2) is 24.8 Å². The van der Waals surface area contributed by atoms with Crippen molar-refractivity contribution in [2.75, 3.05) is 0 Å². The van der Waals surface area contributed by atoms with Gasteiger partial charge in [0.2, 0.25) is 0 Å². The van der Waals surface area contributed by atoms with Crippen molar-refractivity contribution in [1.29, 1.82) is 0 Å². The molecule has 0 radical (unpaired) electrons. The molecule has 4 aromatic rings. The summed E-state index contributed by atoms with van der Waals surface area (Å²) in [6.07, 6.45) is 0. The number of nitro groups is 2. The highest BCUT2D eigenvalue weighted by Crippen LogP contribution is 2.18. The first-order valence-corrected chi connectivity index (χ1v) is 8.48. The molecule has 0 atom stereocenters. The third kappa shape index (κ3) is 3.98. The molecule has 0 fully saturated rings. The zero-order chi connectivity index (χ0) is 20.4. The van der Waals surface area contributed by atoms with E-state index in [-0.39, 0.29) is 23.8 Å². The van der Waals surface area contributed by atoms with Crippen LogP contribution in [0.2, 0.25) is 0 Å². The Kier molecular flexibility index (Phi) is 5.79. The molecule has 30 heavy (non-hydrogen) atoms. The Morgan fingerprint density at radius 2 is 1.30 bits per heavy atom. The number of nitrogens with zero attached hydrogens (tertiary/aromatic N) is 6. The predicted octanol–water partition coefficient (Wildman–Crippen LogP) is 0.0314. The number of halogens is 1. The maximum atomic E-state index is 10.9. The Balaban J connectivity index is 0.00000256. The van der Waals surface area contributed by atoms with Crippen LogP contribution in [0.4, 0.5) is 11.4 Å². The summed E-state index contributed by atoms with van der Waals surface area (Å²) in [6.45, 7) is 0. The normalized spacial score (nSPS) is 10.3. The predicted molar refractivity (Wildman–Crippen MR) is 102 cm³/mol. The van der Waals surface area contributed by atoms with E-state index in [1.165, 1.54) is 33.9 Å². The number of aromatic nitrogens is 4. The Bertz CT molecular complexity index is 1120. The Morgan fingerprint density at radius 3 is 1.83 bits per heavy atom. The second kappa shape index (κ2) is 8.45. The topological polar surface area (TPSA) is 121 Å². The van der Waals surface area contributed by atoms with Gasteiger partial charge in [-0.15, -0.1) is 0 Å². The fraction of sp³-hybridized carbons (Fsp3) is 0. The molecule has 11 heteroatoms. The summed E-state index contributed by atoms with van der Waals surface area (Å²) in [5.41, 5.74) is 1.79. The van der Waals surface area contributed by atoms with Crippen molar-refractivity contribution in [2.24, 2.45) is 0 Å². The molecule has 10 nitrogen and oxygen atoms in total. The van der Waals surface area contributed by atoms with E-state index >= 15 is 0 Å². The average molecular weight is 425 g/mol. The van der Waals surface area contributed by atoms with E-state index in [1.807, 2.05) is 30.3 Å². The quantitative estimate of drug-likeness (QED) is 0.253. The Morgan fingerprint density at radius 1 is 0.767 bits per heavy atom. The van der Waals surface area contributed by atoms with Gasteiger partial charge in [-0.3, -0.25) is 20.2 Å². The van der Waals surface area contributed by atoms with Gasteiger partial charge in [0.1, 0.15) is 5.69 Å². The van der Waals surface area contributed by atoms with Gasteiger partial charge in [-0.1, -0.05) is 18.2 Å². The first kappa shape index (κ1) is 20.6. The molecule has 0 aliphatic heterocycles. The standard InChI is InChI=1S/C19H13N6O4.ClH/c26-24(27)17-10-6-15(7-11-17)22-20-19(14-4-2-1-3-5-14)21-23(22)16-8-12-18(13-9-16)25(28)29;/h1-13H;1H/q+1;/p-1. The van der Waals surface area contributed by atoms with E-state index in [1.54, 1.807) is 24.3 Å². The number of rotatable bonds is 5. The van der Waals surface area contributed by atoms with Crippen LogP contribution in [0.1, 0.15) is 0 Å². The number of nitro benzene ring substituents is 2. The highest BCUT2D eigenvalue weighted by atomic mass is 35.5. The van der Waals surface area contributed by atoms with Gasteiger partial charge >= 0.3 is 5.82 Å². The van der Waals surface area contributed by atoms with E-state index in [0.717, 1.165) is 5.56 Å². The molecule has 1 aromatic heterocycles.